The number of carbonyl (C=O) groups is 1. The third kappa shape index (κ3) is 2.59. The number of carbonyl (C=O) groups excluding carboxylic acids is 1. The van der Waals surface area contributed by atoms with E-state index in [-0.39, 0.29) is 18.2 Å². The molecule has 0 aromatic heterocycles. The number of ether oxygens (including phenoxy) is 2. The summed E-state index contributed by atoms with van der Waals surface area (Å²) in [6, 6.07) is 3.27. The molecule has 1 heterocycles. The zero-order chi connectivity index (χ0) is 14.0. The predicted molar refractivity (Wildman–Crippen MR) is 73.4 cm³/mol. The van der Waals surface area contributed by atoms with Crippen LogP contribution in [0.5, 0.6) is 11.5 Å². The summed E-state index contributed by atoms with van der Waals surface area (Å²) in [7, 11) is 0. The highest BCUT2D eigenvalue weighted by molar-refractivity contribution is 6.00. The summed E-state index contributed by atoms with van der Waals surface area (Å²) < 4.78 is 10.5. The number of hydrogen-bond acceptors (Lipinski definition) is 4. The summed E-state index contributed by atoms with van der Waals surface area (Å²) in [5.41, 5.74) is 6.51. The predicted octanol–water partition coefficient (Wildman–Crippen LogP) is 2.31. The minimum absolute atomic E-state index is 0.168. The molecule has 19 heavy (non-hydrogen) atoms. The van der Waals surface area contributed by atoms with E-state index < -0.39 is 0 Å². The summed E-state index contributed by atoms with van der Waals surface area (Å²) in [6.07, 6.45) is 1.72. The molecule has 1 aromatic carbocycles. The Morgan fingerprint density at radius 1 is 1.32 bits per heavy atom. The molecule has 0 unspecified atom stereocenters. The summed E-state index contributed by atoms with van der Waals surface area (Å²) in [4.78, 5) is 12.3. The number of nitrogens with two attached hydrogens (primary N) is 1. The average molecular weight is 264 g/mol. The average Bonchev–Trinajstić information content (AvgIpc) is 2.84. The van der Waals surface area contributed by atoms with E-state index >= 15 is 0 Å². The van der Waals surface area contributed by atoms with E-state index in [0.29, 0.717) is 22.7 Å². The molecule has 0 spiro atoms. The Kier molecular flexibility index (Phi) is 3.55. The summed E-state index contributed by atoms with van der Waals surface area (Å²) in [5, 5.41) is 3.03. The Morgan fingerprint density at radius 3 is 2.47 bits per heavy atom. The van der Waals surface area contributed by atoms with E-state index in [9.17, 15) is 4.79 Å². The third-order valence-electron chi connectivity index (χ3n) is 3.77. The minimum Gasteiger partial charge on any atom is -0.454 e. The monoisotopic (exact) mass is 264 g/mol. The van der Waals surface area contributed by atoms with Gasteiger partial charge in [-0.3, -0.25) is 4.79 Å². The third-order valence-corrected chi connectivity index (χ3v) is 3.77. The summed E-state index contributed by atoms with van der Waals surface area (Å²) in [6.45, 7) is 6.29. The topological polar surface area (TPSA) is 73.6 Å². The van der Waals surface area contributed by atoms with Gasteiger partial charge in [-0.1, -0.05) is 13.8 Å². The Labute approximate surface area is 113 Å². The normalized spacial score (nSPS) is 13.4. The van der Waals surface area contributed by atoms with Crippen LogP contribution in [0.4, 0.5) is 5.69 Å². The Balaban J connectivity index is 2.25. The van der Waals surface area contributed by atoms with E-state index in [1.54, 1.807) is 12.1 Å². The molecule has 0 fully saturated rings. The van der Waals surface area contributed by atoms with Crippen LogP contribution >= 0.6 is 0 Å². The Bertz CT molecular complexity index is 496. The van der Waals surface area contributed by atoms with Gasteiger partial charge in [-0.05, 0) is 25.8 Å². The van der Waals surface area contributed by atoms with Gasteiger partial charge in [-0.25, -0.2) is 0 Å². The Morgan fingerprint density at radius 2 is 1.89 bits per heavy atom. The number of nitrogens with one attached hydrogen (secondary N) is 1. The molecule has 5 nitrogen and oxygen atoms in total. The molecule has 0 bridgehead atoms. The van der Waals surface area contributed by atoms with Gasteiger partial charge >= 0.3 is 0 Å². The van der Waals surface area contributed by atoms with E-state index in [1.807, 2.05) is 20.8 Å². The molecule has 1 aliphatic heterocycles. The molecule has 1 aromatic rings. The molecule has 5 heteroatoms. The van der Waals surface area contributed by atoms with Crippen molar-refractivity contribution in [3.05, 3.63) is 17.7 Å². The lowest BCUT2D eigenvalue weighted by atomic mass is 9.95. The van der Waals surface area contributed by atoms with Crippen molar-refractivity contribution in [2.75, 3.05) is 12.5 Å². The number of amides is 1. The zero-order valence-electron chi connectivity index (χ0n) is 11.6. The number of benzene rings is 1. The quantitative estimate of drug-likeness (QED) is 0.818. The maximum atomic E-state index is 12.3. The zero-order valence-corrected chi connectivity index (χ0v) is 11.6. The highest BCUT2D eigenvalue weighted by Gasteiger charge is 2.25. The van der Waals surface area contributed by atoms with E-state index in [2.05, 4.69) is 5.32 Å². The van der Waals surface area contributed by atoms with Crippen molar-refractivity contribution in [2.45, 2.75) is 39.2 Å². The first-order chi connectivity index (χ1) is 8.99. The fourth-order valence-electron chi connectivity index (χ4n) is 1.92. The summed E-state index contributed by atoms with van der Waals surface area (Å²) >= 11 is 0. The van der Waals surface area contributed by atoms with Crippen molar-refractivity contribution in [2.24, 2.45) is 0 Å². The van der Waals surface area contributed by atoms with Crippen molar-refractivity contribution in [3.8, 4) is 11.5 Å². The van der Waals surface area contributed by atoms with Crippen LogP contribution in [0.1, 0.15) is 44.0 Å². The van der Waals surface area contributed by atoms with Crippen LogP contribution in [0.15, 0.2) is 12.1 Å². The van der Waals surface area contributed by atoms with Crippen molar-refractivity contribution >= 4 is 11.6 Å². The molecule has 0 saturated carbocycles. The van der Waals surface area contributed by atoms with Crippen molar-refractivity contribution < 1.29 is 14.3 Å². The highest BCUT2D eigenvalue weighted by Crippen LogP contribution is 2.36. The van der Waals surface area contributed by atoms with Gasteiger partial charge in [0.25, 0.3) is 5.91 Å². The first kappa shape index (κ1) is 13.5. The number of rotatable bonds is 4. The van der Waals surface area contributed by atoms with Gasteiger partial charge in [-0.15, -0.1) is 0 Å². The first-order valence-electron chi connectivity index (χ1n) is 6.50. The Hall–Kier alpha value is -1.91. The van der Waals surface area contributed by atoms with Crippen LogP contribution < -0.4 is 20.5 Å². The van der Waals surface area contributed by atoms with E-state index in [1.165, 1.54) is 0 Å². The second-order valence-electron chi connectivity index (χ2n) is 5.01. The molecule has 1 amide bonds. The van der Waals surface area contributed by atoms with Crippen molar-refractivity contribution in [3.63, 3.8) is 0 Å². The number of anilines is 1. The van der Waals surface area contributed by atoms with E-state index in [4.69, 9.17) is 15.2 Å². The van der Waals surface area contributed by atoms with Crippen LogP contribution in [0.25, 0.3) is 0 Å². The SMILES string of the molecule is CCC(C)(CC)NC(=O)c1cc2c(cc1N)OCO2. The van der Waals surface area contributed by atoms with Gasteiger partial charge in [0.05, 0.1) is 5.56 Å². The molecule has 0 saturated heterocycles. The maximum Gasteiger partial charge on any atom is 0.253 e. The lowest BCUT2D eigenvalue weighted by molar-refractivity contribution is 0.0901. The second-order valence-corrected chi connectivity index (χ2v) is 5.01. The van der Waals surface area contributed by atoms with Gasteiger partial charge in [0.1, 0.15) is 0 Å². The van der Waals surface area contributed by atoms with Crippen LogP contribution in [-0.2, 0) is 0 Å². The van der Waals surface area contributed by atoms with Gasteiger partial charge in [-0.2, -0.15) is 0 Å². The van der Waals surface area contributed by atoms with Gasteiger partial charge in [0, 0.05) is 17.3 Å². The second kappa shape index (κ2) is 4.99. The van der Waals surface area contributed by atoms with Crippen molar-refractivity contribution in [1.29, 1.82) is 0 Å². The highest BCUT2D eigenvalue weighted by atomic mass is 16.7. The fourth-order valence-corrected chi connectivity index (χ4v) is 1.92. The standard InChI is InChI=1S/C14H20N2O3/c1-4-14(3,5-2)16-13(17)9-6-11-12(7-10(9)15)19-8-18-11/h6-7H,4-5,8,15H2,1-3H3,(H,16,17). The maximum absolute atomic E-state index is 12.3. The molecular formula is C14H20N2O3. The summed E-state index contributed by atoms with van der Waals surface area (Å²) in [5.74, 6) is 0.971. The van der Waals surface area contributed by atoms with Crippen LogP contribution in [0.2, 0.25) is 0 Å². The minimum atomic E-state index is -0.222. The van der Waals surface area contributed by atoms with Gasteiger partial charge in [0.15, 0.2) is 11.5 Å². The fraction of sp³-hybridized carbons (Fsp3) is 0.500. The van der Waals surface area contributed by atoms with Crippen LogP contribution in [-0.4, -0.2) is 18.2 Å². The van der Waals surface area contributed by atoms with Crippen LogP contribution in [0, 0.1) is 0 Å². The smallest absolute Gasteiger partial charge is 0.253 e. The molecule has 2 rings (SSSR count). The van der Waals surface area contributed by atoms with Crippen LogP contribution in [0.3, 0.4) is 0 Å². The molecule has 0 radical (unpaired) electrons. The molecule has 104 valence electrons. The molecular weight excluding hydrogens is 244 g/mol. The lowest BCUT2D eigenvalue weighted by Gasteiger charge is -2.28. The molecule has 3 N–H and O–H groups in total. The number of nitrogen functional groups attached to an aromatic ring is 1. The molecule has 0 aliphatic carbocycles. The van der Waals surface area contributed by atoms with Crippen molar-refractivity contribution in [1.82, 2.24) is 5.32 Å². The van der Waals surface area contributed by atoms with Gasteiger partial charge < -0.3 is 20.5 Å². The number of fused-ring (bicyclic) bond motifs is 1. The molecule has 1 aliphatic rings. The molecule has 0 atom stereocenters. The van der Waals surface area contributed by atoms with E-state index in [0.717, 1.165) is 12.8 Å². The largest absolute Gasteiger partial charge is 0.454 e. The first-order valence-corrected chi connectivity index (χ1v) is 6.50. The number of hydrogen-bond donors (Lipinski definition) is 2. The lowest BCUT2D eigenvalue weighted by Crippen LogP contribution is -2.45. The van der Waals surface area contributed by atoms with Gasteiger partial charge in [0.2, 0.25) is 6.79 Å².